The van der Waals surface area contributed by atoms with E-state index in [2.05, 4.69) is 0 Å². The lowest BCUT2D eigenvalue weighted by atomic mass is 10.1. The zero-order valence-corrected chi connectivity index (χ0v) is 10.2. The number of carbonyl (C=O) groups excluding carboxylic acids is 1. The summed E-state index contributed by atoms with van der Waals surface area (Å²) >= 11 is 0. The highest BCUT2D eigenvalue weighted by Gasteiger charge is 2.25. The maximum atomic E-state index is 11.3. The van der Waals surface area contributed by atoms with Crippen LogP contribution in [0.1, 0.15) is 5.56 Å². The van der Waals surface area contributed by atoms with Crippen molar-refractivity contribution >= 4 is 5.97 Å². The molecule has 6 nitrogen and oxygen atoms in total. The molecule has 0 fully saturated rings. The van der Waals surface area contributed by atoms with Crippen LogP contribution in [-0.2, 0) is 20.7 Å². The lowest BCUT2D eigenvalue weighted by molar-refractivity contribution is -0.131. The van der Waals surface area contributed by atoms with Gasteiger partial charge in [-0.3, -0.25) is 4.79 Å². The van der Waals surface area contributed by atoms with Gasteiger partial charge in [-0.25, -0.2) is 0 Å². The average molecular weight is 254 g/mol. The molecule has 0 saturated carbocycles. The number of hydrogen-bond donors (Lipinski definition) is 0. The summed E-state index contributed by atoms with van der Waals surface area (Å²) in [4.78, 5) is 11.3. The fourth-order valence-corrected chi connectivity index (χ4v) is 1.63. The topological polar surface area (TPSA) is 63.2 Å². The summed E-state index contributed by atoms with van der Waals surface area (Å²) in [7, 11) is 3.04. The van der Waals surface area contributed by atoms with Crippen molar-refractivity contribution in [1.29, 1.82) is 0 Å². The van der Waals surface area contributed by atoms with Gasteiger partial charge in [-0.1, -0.05) is 0 Å². The number of methoxy groups -OCH3 is 2. The van der Waals surface area contributed by atoms with E-state index in [1.807, 2.05) is 0 Å². The van der Waals surface area contributed by atoms with E-state index in [0.717, 1.165) is 0 Å². The first-order valence-electron chi connectivity index (χ1n) is 5.35. The van der Waals surface area contributed by atoms with Gasteiger partial charge in [0, 0.05) is 31.9 Å². The molecule has 0 aliphatic carbocycles. The van der Waals surface area contributed by atoms with Gasteiger partial charge in [0.1, 0.15) is 17.2 Å². The van der Waals surface area contributed by atoms with Crippen LogP contribution in [0.3, 0.4) is 0 Å². The summed E-state index contributed by atoms with van der Waals surface area (Å²) in [6.07, 6.45) is 0.193. The zero-order chi connectivity index (χ0) is 13.0. The van der Waals surface area contributed by atoms with Crippen LogP contribution in [0.25, 0.3) is 0 Å². The van der Waals surface area contributed by atoms with Gasteiger partial charge in [-0.05, 0) is 0 Å². The summed E-state index contributed by atoms with van der Waals surface area (Å²) < 4.78 is 25.4. The zero-order valence-electron chi connectivity index (χ0n) is 10.2. The quantitative estimate of drug-likeness (QED) is 0.430. The van der Waals surface area contributed by atoms with Crippen LogP contribution in [0.4, 0.5) is 0 Å². The van der Waals surface area contributed by atoms with Crippen LogP contribution < -0.4 is 14.2 Å². The Morgan fingerprint density at radius 2 is 1.89 bits per heavy atom. The Kier molecular flexibility index (Phi) is 4.01. The monoisotopic (exact) mass is 254 g/mol. The predicted molar refractivity (Wildman–Crippen MR) is 60.8 cm³/mol. The van der Waals surface area contributed by atoms with E-state index in [1.54, 1.807) is 12.1 Å². The minimum Gasteiger partial charge on any atom is -0.467 e. The molecule has 1 aliphatic heterocycles. The molecule has 0 N–H and O–H groups in total. The Morgan fingerprint density at radius 1 is 1.17 bits per heavy atom. The summed E-state index contributed by atoms with van der Waals surface area (Å²) in [5, 5.41) is 0. The van der Waals surface area contributed by atoms with Gasteiger partial charge in [0.25, 0.3) is 0 Å². The van der Waals surface area contributed by atoms with Crippen molar-refractivity contribution in [2.45, 2.75) is 6.42 Å². The second-order valence-electron chi connectivity index (χ2n) is 3.65. The highest BCUT2D eigenvalue weighted by Crippen LogP contribution is 2.38. The van der Waals surface area contributed by atoms with Gasteiger partial charge in [-0.15, -0.1) is 0 Å². The third-order valence-electron chi connectivity index (χ3n) is 2.36. The number of rotatable bonds is 6. The predicted octanol–water partition coefficient (Wildman–Crippen LogP) is 1.11. The van der Waals surface area contributed by atoms with Crippen molar-refractivity contribution in [1.82, 2.24) is 0 Å². The van der Waals surface area contributed by atoms with Gasteiger partial charge in [0.05, 0.1) is 6.42 Å². The molecular formula is C12H14O6. The first-order chi connectivity index (χ1) is 8.74. The second kappa shape index (κ2) is 5.70. The minimum absolute atomic E-state index is 0.0916. The molecule has 0 saturated heterocycles. The number of hydrogen-bond acceptors (Lipinski definition) is 6. The van der Waals surface area contributed by atoms with Crippen LogP contribution in [-0.4, -0.2) is 33.8 Å². The molecule has 0 spiro atoms. The molecule has 0 amide bonds. The molecule has 18 heavy (non-hydrogen) atoms. The molecule has 98 valence electrons. The number of benzene rings is 1. The first kappa shape index (κ1) is 12.7. The summed E-state index contributed by atoms with van der Waals surface area (Å²) in [6.45, 7) is 0.199. The van der Waals surface area contributed by atoms with E-state index in [1.165, 1.54) is 14.2 Å². The van der Waals surface area contributed by atoms with Gasteiger partial charge in [0.2, 0.25) is 0 Å². The van der Waals surface area contributed by atoms with Gasteiger partial charge in [0.15, 0.2) is 13.6 Å². The number of fused-ring (bicyclic) bond motifs is 1. The smallest absolute Gasteiger partial charge is 0.315 e. The minimum atomic E-state index is -0.309. The van der Waals surface area contributed by atoms with Crippen molar-refractivity contribution in [2.24, 2.45) is 0 Å². The number of esters is 1. The number of ether oxygens (including phenoxy) is 5. The lowest BCUT2D eigenvalue weighted by Gasteiger charge is -2.11. The molecule has 0 aromatic heterocycles. The maximum Gasteiger partial charge on any atom is 0.315 e. The third-order valence-corrected chi connectivity index (χ3v) is 2.36. The van der Waals surface area contributed by atoms with Crippen molar-refractivity contribution in [2.75, 3.05) is 27.8 Å². The Bertz CT molecular complexity index is 442. The van der Waals surface area contributed by atoms with Gasteiger partial charge < -0.3 is 23.7 Å². The van der Waals surface area contributed by atoms with E-state index >= 15 is 0 Å². The van der Waals surface area contributed by atoms with Crippen molar-refractivity contribution < 1.29 is 28.5 Å². The maximum absolute atomic E-state index is 11.3. The Hall–Kier alpha value is -1.79. The SMILES string of the molecule is COCOc1cc(OCOC)c2c(c1)OC(=O)C2. The van der Waals surface area contributed by atoms with Crippen LogP contribution >= 0.6 is 0 Å². The van der Waals surface area contributed by atoms with Crippen molar-refractivity contribution in [3.05, 3.63) is 17.7 Å². The molecule has 6 heteroatoms. The molecule has 1 aromatic carbocycles. The molecule has 0 unspecified atom stereocenters. The van der Waals surface area contributed by atoms with E-state index in [9.17, 15) is 4.79 Å². The van der Waals surface area contributed by atoms with E-state index in [-0.39, 0.29) is 26.0 Å². The lowest BCUT2D eigenvalue weighted by Crippen LogP contribution is -2.03. The van der Waals surface area contributed by atoms with Crippen LogP contribution in [0.2, 0.25) is 0 Å². The summed E-state index contributed by atoms with van der Waals surface area (Å²) in [5.74, 6) is 1.18. The Morgan fingerprint density at radius 3 is 2.61 bits per heavy atom. The molecule has 1 aliphatic rings. The molecule has 0 atom stereocenters. The van der Waals surface area contributed by atoms with Crippen LogP contribution in [0.15, 0.2) is 12.1 Å². The van der Waals surface area contributed by atoms with Crippen LogP contribution in [0.5, 0.6) is 17.2 Å². The standard InChI is InChI=1S/C12H14O6/c1-14-6-16-8-3-10(17-7-15-2)9-5-12(13)18-11(9)4-8/h3-4H,5-7H2,1-2H3. The van der Waals surface area contributed by atoms with E-state index in [0.29, 0.717) is 22.8 Å². The molecule has 1 aromatic rings. The molecule has 0 bridgehead atoms. The highest BCUT2D eigenvalue weighted by atomic mass is 16.7. The van der Waals surface area contributed by atoms with E-state index in [4.69, 9.17) is 23.7 Å². The largest absolute Gasteiger partial charge is 0.467 e. The highest BCUT2D eigenvalue weighted by molar-refractivity contribution is 5.83. The second-order valence-corrected chi connectivity index (χ2v) is 3.65. The molecule has 1 heterocycles. The van der Waals surface area contributed by atoms with Crippen molar-refractivity contribution in [3.8, 4) is 17.2 Å². The third kappa shape index (κ3) is 2.72. The number of carbonyl (C=O) groups is 1. The van der Waals surface area contributed by atoms with E-state index < -0.39 is 0 Å². The molecule has 2 rings (SSSR count). The summed E-state index contributed by atoms with van der Waals surface area (Å²) in [6, 6.07) is 3.32. The Balaban J connectivity index is 2.25. The molecule has 0 radical (unpaired) electrons. The fourth-order valence-electron chi connectivity index (χ4n) is 1.63. The van der Waals surface area contributed by atoms with Crippen LogP contribution in [0, 0.1) is 0 Å². The molecular weight excluding hydrogens is 240 g/mol. The average Bonchev–Trinajstić information content (AvgIpc) is 2.73. The van der Waals surface area contributed by atoms with Gasteiger partial charge in [-0.2, -0.15) is 0 Å². The first-order valence-corrected chi connectivity index (χ1v) is 5.35. The fraction of sp³-hybridized carbons (Fsp3) is 0.417. The van der Waals surface area contributed by atoms with Crippen molar-refractivity contribution in [3.63, 3.8) is 0 Å². The summed E-state index contributed by atoms with van der Waals surface area (Å²) in [5.41, 5.74) is 0.710. The normalized spacial score (nSPS) is 13.1. The van der Waals surface area contributed by atoms with Gasteiger partial charge >= 0.3 is 5.97 Å². The Labute approximate surface area is 104 Å².